The van der Waals surface area contributed by atoms with Crippen molar-refractivity contribution in [3.8, 4) is 0 Å². The monoisotopic (exact) mass is 219 g/mol. The third-order valence-electron chi connectivity index (χ3n) is 1.32. The summed E-state index contributed by atoms with van der Waals surface area (Å²) >= 11 is 0. The highest BCUT2D eigenvalue weighted by molar-refractivity contribution is 5.75. The summed E-state index contributed by atoms with van der Waals surface area (Å²) in [5, 5.41) is 8.52. The summed E-state index contributed by atoms with van der Waals surface area (Å²) in [4.78, 5) is 4.12. The molecule has 14 heavy (non-hydrogen) atoms. The standard InChI is InChI=1S/C6H12N2O.B.4FH/c1-7-2-3-8(6-7)4-5-9;;;;;/h2-3,9H,4-6H2,1H3;;4*1H. The van der Waals surface area contributed by atoms with Gasteiger partial charge in [0.1, 0.15) is 0 Å². The number of nitrogens with zero attached hydrogens (tertiary/aromatic N) is 2. The minimum absolute atomic E-state index is 0. The van der Waals surface area contributed by atoms with Gasteiger partial charge in [-0.1, -0.05) is 0 Å². The fraction of sp³-hybridized carbons (Fsp3) is 0.667. The van der Waals surface area contributed by atoms with E-state index in [2.05, 4.69) is 9.80 Å². The van der Waals surface area contributed by atoms with Crippen LogP contribution in [-0.4, -0.2) is 50.2 Å². The van der Waals surface area contributed by atoms with Gasteiger partial charge in [-0.05, 0) is 0 Å². The molecule has 0 aliphatic carbocycles. The smallest absolute Gasteiger partial charge is 0.0891 e. The Kier molecular flexibility index (Phi) is 30.5. The summed E-state index contributed by atoms with van der Waals surface area (Å²) in [5.74, 6) is 0. The van der Waals surface area contributed by atoms with Gasteiger partial charge in [0.2, 0.25) is 0 Å². The summed E-state index contributed by atoms with van der Waals surface area (Å²) < 4.78 is 0. The molecule has 0 aromatic rings. The van der Waals surface area contributed by atoms with Crippen molar-refractivity contribution in [2.45, 2.75) is 0 Å². The highest BCUT2D eigenvalue weighted by atomic mass is 19.0. The molecule has 0 spiro atoms. The second-order valence-electron chi connectivity index (χ2n) is 2.23. The van der Waals surface area contributed by atoms with Crippen LogP contribution in [0.5, 0.6) is 0 Å². The lowest BCUT2D eigenvalue weighted by Crippen LogP contribution is -2.24. The average molecular weight is 219 g/mol. The predicted octanol–water partition coefficient (Wildman–Crippen LogP) is -0.116. The maximum atomic E-state index is 8.52. The van der Waals surface area contributed by atoms with E-state index in [1.54, 1.807) is 0 Å². The number of halogens is 4. The van der Waals surface area contributed by atoms with E-state index in [1.807, 2.05) is 19.4 Å². The summed E-state index contributed by atoms with van der Waals surface area (Å²) in [6.45, 7) is 1.87. The lowest BCUT2D eigenvalue weighted by molar-refractivity contribution is 0.217. The lowest BCUT2D eigenvalue weighted by Gasteiger charge is -2.15. The molecule has 1 rings (SSSR count). The highest BCUT2D eigenvalue weighted by Crippen LogP contribution is 2.01. The summed E-state index contributed by atoms with van der Waals surface area (Å²) in [6.07, 6.45) is 3.98. The zero-order valence-electron chi connectivity index (χ0n) is 7.83. The first-order chi connectivity index (χ1) is 4.33. The van der Waals surface area contributed by atoms with Gasteiger partial charge in [0.15, 0.2) is 0 Å². The molecule has 0 saturated carbocycles. The van der Waals surface area contributed by atoms with E-state index >= 15 is 0 Å². The van der Waals surface area contributed by atoms with Crippen molar-refractivity contribution in [2.24, 2.45) is 0 Å². The molecule has 0 aromatic carbocycles. The molecule has 0 saturated heterocycles. The Balaban J connectivity index is -0.0000000540. The molecule has 0 bridgehead atoms. The van der Waals surface area contributed by atoms with E-state index in [0.717, 1.165) is 13.2 Å². The topological polar surface area (TPSA) is 26.7 Å². The Morgan fingerprint density at radius 2 is 1.64 bits per heavy atom. The van der Waals surface area contributed by atoms with Crippen molar-refractivity contribution in [3.63, 3.8) is 0 Å². The summed E-state index contributed by atoms with van der Waals surface area (Å²) in [6, 6.07) is 0. The van der Waals surface area contributed by atoms with Crippen LogP contribution in [0.3, 0.4) is 0 Å². The number of hydrogen-bond acceptors (Lipinski definition) is 3. The second-order valence-corrected chi connectivity index (χ2v) is 2.23. The summed E-state index contributed by atoms with van der Waals surface area (Å²) in [7, 11) is 2.01. The minimum Gasteiger partial charge on any atom is -0.395 e. The molecular weight excluding hydrogens is 203 g/mol. The van der Waals surface area contributed by atoms with Crippen molar-refractivity contribution in [1.82, 2.24) is 9.80 Å². The minimum atomic E-state index is 0. The fourth-order valence-electron chi connectivity index (χ4n) is 0.863. The molecule has 1 heterocycles. The van der Waals surface area contributed by atoms with Crippen LogP contribution in [0.4, 0.5) is 18.8 Å². The predicted molar refractivity (Wildman–Crippen MR) is 51.3 cm³/mol. The third-order valence-corrected chi connectivity index (χ3v) is 1.32. The summed E-state index contributed by atoms with van der Waals surface area (Å²) in [5.41, 5.74) is 0. The first kappa shape index (κ1) is 29.2. The van der Waals surface area contributed by atoms with Crippen LogP contribution in [0, 0.1) is 0 Å². The van der Waals surface area contributed by atoms with Gasteiger partial charge < -0.3 is 14.9 Å². The lowest BCUT2D eigenvalue weighted by atomic mass is 10.6. The van der Waals surface area contributed by atoms with Gasteiger partial charge in [-0.25, -0.2) is 0 Å². The SMILES string of the molecule is CN1C=CN(CCO)C1.F.F.F.F.[B]. The maximum absolute atomic E-state index is 8.52. The van der Waals surface area contributed by atoms with Crippen LogP contribution in [0.25, 0.3) is 0 Å². The molecule has 8 heteroatoms. The molecule has 1 N–H and O–H groups in total. The van der Waals surface area contributed by atoms with Gasteiger partial charge in [-0.15, -0.1) is 0 Å². The van der Waals surface area contributed by atoms with Crippen LogP contribution in [0.15, 0.2) is 12.4 Å². The van der Waals surface area contributed by atoms with Crippen molar-refractivity contribution in [2.75, 3.05) is 26.9 Å². The zero-order chi connectivity index (χ0) is 6.69. The number of β-amino-alcohol motifs (C(OH)–C–C–N with tert-alkyl or cyclic N) is 1. The molecule has 1 aliphatic heterocycles. The highest BCUT2D eigenvalue weighted by Gasteiger charge is 2.05. The quantitative estimate of drug-likeness (QED) is 0.518. The van der Waals surface area contributed by atoms with E-state index in [4.69, 9.17) is 5.11 Å². The van der Waals surface area contributed by atoms with E-state index in [-0.39, 0.29) is 33.8 Å². The molecule has 87 valence electrons. The van der Waals surface area contributed by atoms with Gasteiger partial charge in [-0.3, -0.25) is 18.8 Å². The molecule has 3 nitrogen and oxygen atoms in total. The van der Waals surface area contributed by atoms with Crippen molar-refractivity contribution in [1.29, 1.82) is 0 Å². The Labute approximate surface area is 82.4 Å². The van der Waals surface area contributed by atoms with Gasteiger partial charge >= 0.3 is 0 Å². The number of rotatable bonds is 2. The van der Waals surface area contributed by atoms with Crippen molar-refractivity contribution >= 4 is 8.41 Å². The Morgan fingerprint density at radius 1 is 1.14 bits per heavy atom. The maximum Gasteiger partial charge on any atom is 0.0891 e. The molecule has 0 unspecified atom stereocenters. The van der Waals surface area contributed by atoms with Crippen molar-refractivity contribution in [3.05, 3.63) is 12.4 Å². The van der Waals surface area contributed by atoms with Gasteiger partial charge in [-0.2, -0.15) is 0 Å². The molecule has 0 amide bonds. The van der Waals surface area contributed by atoms with Gasteiger partial charge in [0.25, 0.3) is 0 Å². The van der Waals surface area contributed by atoms with Crippen LogP contribution in [-0.2, 0) is 0 Å². The van der Waals surface area contributed by atoms with Crippen LogP contribution >= 0.6 is 0 Å². The van der Waals surface area contributed by atoms with Crippen LogP contribution in [0.2, 0.25) is 0 Å². The van der Waals surface area contributed by atoms with Crippen LogP contribution in [0.1, 0.15) is 0 Å². The van der Waals surface area contributed by atoms with E-state index in [1.165, 1.54) is 0 Å². The Hall–Kier alpha value is -0.915. The Morgan fingerprint density at radius 3 is 1.93 bits per heavy atom. The molecule has 0 fully saturated rings. The Bertz CT molecular complexity index is 130. The van der Waals surface area contributed by atoms with Crippen LogP contribution < -0.4 is 0 Å². The largest absolute Gasteiger partial charge is 0.395 e. The first-order valence-corrected chi connectivity index (χ1v) is 3.06. The molecule has 3 radical (unpaired) electrons. The number of aliphatic hydroxyl groups excluding tert-OH is 1. The molecular formula is C6H16BF4N2O. The molecule has 0 atom stereocenters. The fourth-order valence-corrected chi connectivity index (χ4v) is 0.863. The van der Waals surface area contributed by atoms with E-state index in [0.29, 0.717) is 0 Å². The molecule has 1 aliphatic rings. The first-order valence-electron chi connectivity index (χ1n) is 3.06. The van der Waals surface area contributed by atoms with Gasteiger partial charge in [0, 0.05) is 34.4 Å². The second kappa shape index (κ2) is 14.6. The normalized spacial score (nSPS) is 11.3. The number of hydrogen-bond donors (Lipinski definition) is 1. The third kappa shape index (κ3) is 9.18. The van der Waals surface area contributed by atoms with Crippen molar-refractivity contribution < 1.29 is 23.9 Å². The van der Waals surface area contributed by atoms with Gasteiger partial charge in [0.05, 0.1) is 13.3 Å². The average Bonchev–Trinajstić information content (AvgIpc) is 2.17. The molecule has 0 aromatic heterocycles. The zero-order valence-corrected chi connectivity index (χ0v) is 7.83. The van der Waals surface area contributed by atoms with E-state index in [9.17, 15) is 0 Å². The van der Waals surface area contributed by atoms with E-state index < -0.39 is 0 Å². The number of aliphatic hydroxyl groups is 1.